The van der Waals surface area contributed by atoms with Gasteiger partial charge in [0, 0.05) is 27.3 Å². The third kappa shape index (κ3) is 3.90. The molecule has 0 saturated carbocycles. The Kier molecular flexibility index (Phi) is 6.28. The SMILES string of the molecule is Cc1ccc2c(sc3c(F)c(C)ccc32)c1F.Cc1ccc2c(sc3c(F)c(CS)ccc32)c1F. The van der Waals surface area contributed by atoms with Crippen molar-refractivity contribution < 1.29 is 17.6 Å². The zero-order chi connectivity index (χ0) is 25.0. The number of aryl methyl sites for hydroxylation is 3. The maximum absolute atomic E-state index is 14.2. The quantitative estimate of drug-likeness (QED) is 0.159. The Morgan fingerprint density at radius 3 is 1.17 bits per heavy atom. The van der Waals surface area contributed by atoms with Gasteiger partial charge in [0.2, 0.25) is 0 Å². The van der Waals surface area contributed by atoms with E-state index in [1.165, 1.54) is 22.7 Å². The molecule has 0 N–H and O–H groups in total. The van der Waals surface area contributed by atoms with Crippen LogP contribution in [0.15, 0.2) is 48.5 Å². The van der Waals surface area contributed by atoms with E-state index in [9.17, 15) is 17.6 Å². The van der Waals surface area contributed by atoms with Crippen LogP contribution in [-0.4, -0.2) is 0 Å². The first-order valence-electron chi connectivity index (χ1n) is 10.9. The second-order valence-corrected chi connectivity index (χ2v) is 10.9. The van der Waals surface area contributed by atoms with Crippen molar-refractivity contribution in [1.82, 2.24) is 0 Å². The molecule has 0 aliphatic carbocycles. The number of halogens is 4. The lowest BCUT2D eigenvalue weighted by Gasteiger charge is -1.99. The minimum absolute atomic E-state index is 0.235. The summed E-state index contributed by atoms with van der Waals surface area (Å²) < 4.78 is 58.3. The normalized spacial score (nSPS) is 11.5. The molecule has 7 heteroatoms. The Hall–Kier alpha value is -2.61. The molecular weight excluding hydrogens is 509 g/mol. The molecule has 0 bridgehead atoms. The minimum atomic E-state index is -0.277. The number of hydrogen-bond donors (Lipinski definition) is 1. The highest BCUT2D eigenvalue weighted by Crippen LogP contribution is 2.39. The first-order valence-corrected chi connectivity index (χ1v) is 13.2. The van der Waals surface area contributed by atoms with Gasteiger partial charge in [-0.1, -0.05) is 48.5 Å². The number of thiophene rings is 2. The fourth-order valence-corrected chi connectivity index (χ4v) is 6.91. The minimum Gasteiger partial charge on any atom is -0.205 e. The van der Waals surface area contributed by atoms with E-state index in [1.807, 2.05) is 24.3 Å². The lowest BCUT2D eigenvalue weighted by molar-refractivity contribution is 0.631. The predicted molar refractivity (Wildman–Crippen MR) is 145 cm³/mol. The van der Waals surface area contributed by atoms with Crippen LogP contribution in [0.1, 0.15) is 22.3 Å². The lowest BCUT2D eigenvalue weighted by Crippen LogP contribution is -1.85. The van der Waals surface area contributed by atoms with Gasteiger partial charge in [0.1, 0.15) is 23.3 Å². The summed E-state index contributed by atoms with van der Waals surface area (Å²) in [5.74, 6) is -0.653. The van der Waals surface area contributed by atoms with Gasteiger partial charge in [-0.25, -0.2) is 17.6 Å². The Morgan fingerprint density at radius 2 is 0.829 bits per heavy atom. The smallest absolute Gasteiger partial charge is 0.145 e. The zero-order valence-electron chi connectivity index (χ0n) is 19.1. The van der Waals surface area contributed by atoms with Crippen LogP contribution in [0, 0.1) is 44.0 Å². The number of benzene rings is 4. The second-order valence-electron chi connectivity index (χ2n) is 8.50. The van der Waals surface area contributed by atoms with Crippen molar-refractivity contribution in [3.8, 4) is 0 Å². The van der Waals surface area contributed by atoms with Crippen molar-refractivity contribution in [3.05, 3.63) is 94.1 Å². The van der Waals surface area contributed by atoms with Gasteiger partial charge in [-0.3, -0.25) is 0 Å². The molecule has 4 aromatic carbocycles. The van der Waals surface area contributed by atoms with Gasteiger partial charge in [-0.2, -0.15) is 12.6 Å². The molecule has 35 heavy (non-hydrogen) atoms. The van der Waals surface area contributed by atoms with E-state index in [2.05, 4.69) is 12.6 Å². The highest BCUT2D eigenvalue weighted by Gasteiger charge is 2.16. The molecule has 0 unspecified atom stereocenters. The third-order valence-electron chi connectivity index (χ3n) is 6.21. The molecule has 0 aliphatic heterocycles. The van der Waals surface area contributed by atoms with Crippen LogP contribution in [-0.2, 0) is 5.75 Å². The van der Waals surface area contributed by atoms with Crippen LogP contribution in [0.2, 0.25) is 0 Å². The second kappa shape index (κ2) is 9.12. The molecule has 6 rings (SSSR count). The van der Waals surface area contributed by atoms with Gasteiger partial charge in [0.15, 0.2) is 0 Å². The number of fused-ring (bicyclic) bond motifs is 6. The lowest BCUT2D eigenvalue weighted by atomic mass is 10.1. The molecule has 0 saturated heterocycles. The molecule has 6 aromatic rings. The highest BCUT2D eigenvalue weighted by atomic mass is 32.1. The van der Waals surface area contributed by atoms with Crippen LogP contribution in [0.5, 0.6) is 0 Å². The Morgan fingerprint density at radius 1 is 0.514 bits per heavy atom. The summed E-state index contributed by atoms with van der Waals surface area (Å²) in [7, 11) is 0. The maximum atomic E-state index is 14.2. The molecule has 0 spiro atoms. The van der Waals surface area contributed by atoms with E-state index < -0.39 is 0 Å². The fraction of sp³-hybridized carbons (Fsp3) is 0.143. The van der Waals surface area contributed by atoms with E-state index in [1.54, 1.807) is 45.0 Å². The summed E-state index contributed by atoms with van der Waals surface area (Å²) in [4.78, 5) is 0. The summed E-state index contributed by atoms with van der Waals surface area (Å²) in [5.41, 5.74) is 2.33. The largest absolute Gasteiger partial charge is 0.205 e. The molecule has 178 valence electrons. The Balaban J connectivity index is 0.000000145. The summed E-state index contributed by atoms with van der Waals surface area (Å²) >= 11 is 6.46. The Bertz CT molecular complexity index is 1700. The molecule has 0 atom stereocenters. The van der Waals surface area contributed by atoms with Crippen LogP contribution in [0.25, 0.3) is 40.3 Å². The van der Waals surface area contributed by atoms with Crippen LogP contribution in [0.3, 0.4) is 0 Å². The number of hydrogen-bond acceptors (Lipinski definition) is 3. The van der Waals surface area contributed by atoms with Crippen molar-refractivity contribution >= 4 is 75.6 Å². The predicted octanol–water partition coefficient (Wildman–Crippen LogP) is 10.0. The van der Waals surface area contributed by atoms with Crippen molar-refractivity contribution in [1.29, 1.82) is 0 Å². The van der Waals surface area contributed by atoms with Gasteiger partial charge in [-0.15, -0.1) is 22.7 Å². The molecule has 0 amide bonds. The van der Waals surface area contributed by atoms with Crippen LogP contribution >= 0.6 is 35.3 Å². The molecule has 0 fully saturated rings. The molecule has 0 nitrogen and oxygen atoms in total. The van der Waals surface area contributed by atoms with Gasteiger partial charge in [-0.05, 0) is 43.0 Å². The van der Waals surface area contributed by atoms with Gasteiger partial charge < -0.3 is 0 Å². The van der Waals surface area contributed by atoms with Crippen molar-refractivity contribution in [3.63, 3.8) is 0 Å². The zero-order valence-corrected chi connectivity index (χ0v) is 21.6. The molecular formula is C28H20F4S3. The average molecular weight is 529 g/mol. The van der Waals surface area contributed by atoms with Gasteiger partial charge >= 0.3 is 0 Å². The van der Waals surface area contributed by atoms with Crippen LogP contribution in [0.4, 0.5) is 17.6 Å². The summed E-state index contributed by atoms with van der Waals surface area (Å²) in [6.45, 7) is 5.16. The number of rotatable bonds is 1. The van der Waals surface area contributed by atoms with Gasteiger partial charge in [0.05, 0.1) is 18.8 Å². The number of thiol groups is 1. The molecule has 0 radical (unpaired) electrons. The van der Waals surface area contributed by atoms with E-state index >= 15 is 0 Å². The van der Waals surface area contributed by atoms with E-state index in [-0.39, 0.29) is 23.3 Å². The standard InChI is InChI=1S/C14H10F2S2.C14H10F2S/c1-7-2-4-9-10-5-3-8(6-17)12(16)14(10)18-13(9)11(7)15;1-7-3-5-9-10-6-4-8(2)12(16)14(10)17-13(9)11(7)15/h2-5,17H,6H2,1H3;3-6H,1-2H3. The van der Waals surface area contributed by atoms with Crippen molar-refractivity contribution in [2.75, 3.05) is 0 Å². The third-order valence-corrected chi connectivity index (χ3v) is 8.96. The maximum Gasteiger partial charge on any atom is 0.145 e. The molecule has 2 heterocycles. The van der Waals surface area contributed by atoms with Crippen molar-refractivity contribution in [2.45, 2.75) is 26.5 Å². The summed E-state index contributed by atoms with van der Waals surface area (Å²) in [6, 6.07) is 14.3. The molecule has 2 aromatic heterocycles. The van der Waals surface area contributed by atoms with E-state index in [4.69, 9.17) is 0 Å². The average Bonchev–Trinajstić information content (AvgIpc) is 3.42. The highest BCUT2D eigenvalue weighted by molar-refractivity contribution is 7.79. The fourth-order valence-electron chi connectivity index (χ4n) is 4.13. The summed E-state index contributed by atoms with van der Waals surface area (Å²) in [6.07, 6.45) is 0. The first-order chi connectivity index (χ1) is 16.7. The molecule has 0 aliphatic rings. The summed E-state index contributed by atoms with van der Waals surface area (Å²) in [5, 5.41) is 3.15. The monoisotopic (exact) mass is 528 g/mol. The van der Waals surface area contributed by atoms with E-state index in [0.29, 0.717) is 46.8 Å². The van der Waals surface area contributed by atoms with Crippen molar-refractivity contribution in [2.24, 2.45) is 0 Å². The van der Waals surface area contributed by atoms with E-state index in [0.717, 1.165) is 21.5 Å². The topological polar surface area (TPSA) is 0 Å². The Labute approximate surface area is 213 Å². The van der Waals surface area contributed by atoms with Gasteiger partial charge in [0.25, 0.3) is 0 Å². The first kappa shape index (κ1) is 24.1. The van der Waals surface area contributed by atoms with Crippen LogP contribution < -0.4 is 0 Å².